The zero-order chi connectivity index (χ0) is 9.97. The first kappa shape index (κ1) is 9.61. The molecular weight excluding hydrogens is 178 g/mol. The number of aliphatic hydroxyl groups is 1. The van der Waals surface area contributed by atoms with Crippen LogP contribution in [0.15, 0.2) is 30.3 Å². The summed E-state index contributed by atoms with van der Waals surface area (Å²) in [5, 5.41) is 9.57. The molecule has 1 fully saturated rings. The van der Waals surface area contributed by atoms with Gasteiger partial charge in [-0.3, -0.25) is 0 Å². The predicted molar refractivity (Wildman–Crippen MR) is 53.9 cm³/mol. The monoisotopic (exact) mass is 193 g/mol. The quantitative estimate of drug-likeness (QED) is 0.514. The fourth-order valence-corrected chi connectivity index (χ4v) is 1.72. The van der Waals surface area contributed by atoms with Crippen molar-refractivity contribution in [2.24, 2.45) is 11.7 Å². The Kier molecular flexibility index (Phi) is 2.79. The Hall–Kier alpha value is -0.940. The molecule has 4 nitrogen and oxygen atoms in total. The lowest BCUT2D eigenvalue weighted by atomic mass is 9.97. The molecule has 1 aliphatic heterocycles. The van der Waals surface area contributed by atoms with Crippen LogP contribution in [-0.4, -0.2) is 17.5 Å². The molecular formula is C10H15N3O. The van der Waals surface area contributed by atoms with Gasteiger partial charge in [-0.1, -0.05) is 30.3 Å². The Morgan fingerprint density at radius 1 is 1.21 bits per heavy atom. The highest BCUT2D eigenvalue weighted by molar-refractivity contribution is 5.16. The summed E-state index contributed by atoms with van der Waals surface area (Å²) in [6, 6.07) is 10.0. The molecule has 1 heterocycles. The lowest BCUT2D eigenvalue weighted by Crippen LogP contribution is -2.39. The molecule has 0 spiro atoms. The summed E-state index contributed by atoms with van der Waals surface area (Å²) in [6.07, 6.45) is 0.0267. The molecule has 1 aromatic carbocycles. The van der Waals surface area contributed by atoms with Crippen LogP contribution in [0.1, 0.15) is 5.56 Å². The Morgan fingerprint density at radius 3 is 2.50 bits per heavy atom. The summed E-state index contributed by atoms with van der Waals surface area (Å²) >= 11 is 0. The summed E-state index contributed by atoms with van der Waals surface area (Å²) in [5.41, 5.74) is 12.5. The molecule has 3 atom stereocenters. The molecule has 2 rings (SSSR count). The summed E-state index contributed by atoms with van der Waals surface area (Å²) in [4.78, 5) is 0. The van der Waals surface area contributed by atoms with Crippen molar-refractivity contribution < 1.29 is 5.11 Å². The van der Waals surface area contributed by atoms with Gasteiger partial charge in [0.2, 0.25) is 0 Å². The highest BCUT2D eigenvalue weighted by Gasteiger charge is 2.31. The second-order valence-corrected chi connectivity index (χ2v) is 3.61. The van der Waals surface area contributed by atoms with E-state index in [-0.39, 0.29) is 12.1 Å². The van der Waals surface area contributed by atoms with Gasteiger partial charge in [0.1, 0.15) is 6.23 Å². The van der Waals surface area contributed by atoms with Gasteiger partial charge in [0.25, 0.3) is 0 Å². The zero-order valence-electron chi connectivity index (χ0n) is 7.85. The van der Waals surface area contributed by atoms with Crippen molar-refractivity contribution in [1.29, 1.82) is 0 Å². The molecule has 76 valence electrons. The molecule has 0 amide bonds. The van der Waals surface area contributed by atoms with E-state index in [1.54, 1.807) is 0 Å². The maximum Gasteiger partial charge on any atom is 0.123 e. The molecule has 0 aliphatic carbocycles. The number of aliphatic hydroxyl groups excluding tert-OH is 1. The molecule has 0 bridgehead atoms. The Bertz CT molecular complexity index is 281. The van der Waals surface area contributed by atoms with Crippen molar-refractivity contribution in [2.45, 2.75) is 18.8 Å². The van der Waals surface area contributed by atoms with Gasteiger partial charge >= 0.3 is 0 Å². The average molecular weight is 193 g/mol. The number of nitrogens with two attached hydrogens (primary N) is 1. The molecule has 1 aliphatic rings. The second-order valence-electron chi connectivity index (χ2n) is 3.61. The van der Waals surface area contributed by atoms with Crippen LogP contribution < -0.4 is 16.6 Å². The molecule has 1 aromatic rings. The third kappa shape index (κ3) is 1.93. The number of rotatable bonds is 2. The minimum atomic E-state index is -0.565. The highest BCUT2D eigenvalue weighted by atomic mass is 16.3. The van der Waals surface area contributed by atoms with E-state index in [4.69, 9.17) is 5.73 Å². The van der Waals surface area contributed by atoms with Crippen LogP contribution >= 0.6 is 0 Å². The minimum Gasteiger partial charge on any atom is -0.377 e. The van der Waals surface area contributed by atoms with Crippen LogP contribution in [0, 0.1) is 5.92 Å². The van der Waals surface area contributed by atoms with Gasteiger partial charge in [-0.2, -0.15) is 0 Å². The van der Waals surface area contributed by atoms with E-state index < -0.39 is 6.23 Å². The average Bonchev–Trinajstić information content (AvgIpc) is 2.51. The first-order valence-corrected chi connectivity index (χ1v) is 4.76. The van der Waals surface area contributed by atoms with Crippen LogP contribution in [0.3, 0.4) is 0 Å². The molecule has 1 saturated heterocycles. The lowest BCUT2D eigenvalue weighted by Gasteiger charge is -2.16. The third-order valence-corrected chi connectivity index (χ3v) is 2.58. The van der Waals surface area contributed by atoms with Crippen LogP contribution in [0.25, 0.3) is 0 Å². The van der Waals surface area contributed by atoms with E-state index >= 15 is 0 Å². The van der Waals surface area contributed by atoms with E-state index in [9.17, 15) is 5.11 Å². The Balaban J connectivity index is 2.04. The number of hydrogen-bond acceptors (Lipinski definition) is 4. The van der Waals surface area contributed by atoms with Gasteiger partial charge in [0.15, 0.2) is 0 Å². The molecule has 4 heteroatoms. The summed E-state index contributed by atoms with van der Waals surface area (Å²) < 4.78 is 0. The SMILES string of the molecule is NC1NNC(O)C1Cc1ccccc1. The van der Waals surface area contributed by atoms with E-state index in [0.29, 0.717) is 0 Å². The maximum atomic E-state index is 9.57. The van der Waals surface area contributed by atoms with Gasteiger partial charge in [0, 0.05) is 5.92 Å². The lowest BCUT2D eigenvalue weighted by molar-refractivity contribution is 0.106. The van der Waals surface area contributed by atoms with Crippen LogP contribution in [-0.2, 0) is 6.42 Å². The highest BCUT2D eigenvalue weighted by Crippen LogP contribution is 2.16. The molecule has 0 radical (unpaired) electrons. The minimum absolute atomic E-state index is 0.0254. The van der Waals surface area contributed by atoms with E-state index in [1.165, 1.54) is 5.56 Å². The van der Waals surface area contributed by atoms with Crippen LogP contribution in [0.2, 0.25) is 0 Å². The van der Waals surface area contributed by atoms with Crippen molar-refractivity contribution in [3.8, 4) is 0 Å². The van der Waals surface area contributed by atoms with Gasteiger partial charge in [0.05, 0.1) is 6.17 Å². The zero-order valence-corrected chi connectivity index (χ0v) is 7.85. The fraction of sp³-hybridized carbons (Fsp3) is 0.400. The molecule has 5 N–H and O–H groups in total. The summed E-state index contributed by atoms with van der Waals surface area (Å²) in [7, 11) is 0. The largest absolute Gasteiger partial charge is 0.377 e. The van der Waals surface area contributed by atoms with Crippen LogP contribution in [0.4, 0.5) is 0 Å². The van der Waals surface area contributed by atoms with E-state index in [0.717, 1.165) is 6.42 Å². The van der Waals surface area contributed by atoms with Crippen molar-refractivity contribution in [3.05, 3.63) is 35.9 Å². The van der Waals surface area contributed by atoms with E-state index in [1.807, 2.05) is 30.3 Å². The standard InChI is InChI=1S/C10H15N3O/c11-9-8(10(14)13-12-9)6-7-4-2-1-3-5-7/h1-5,8-10,12-14H,6,11H2. The second kappa shape index (κ2) is 4.06. The molecule has 14 heavy (non-hydrogen) atoms. The Morgan fingerprint density at radius 2 is 1.93 bits per heavy atom. The van der Waals surface area contributed by atoms with Gasteiger partial charge in [-0.25, -0.2) is 10.9 Å². The number of hydrazine groups is 1. The number of benzene rings is 1. The van der Waals surface area contributed by atoms with Gasteiger partial charge in [-0.05, 0) is 12.0 Å². The number of hydrogen-bond donors (Lipinski definition) is 4. The molecule has 3 unspecified atom stereocenters. The van der Waals surface area contributed by atoms with Gasteiger partial charge in [-0.15, -0.1) is 0 Å². The molecule has 0 saturated carbocycles. The van der Waals surface area contributed by atoms with Gasteiger partial charge < -0.3 is 10.8 Å². The third-order valence-electron chi connectivity index (χ3n) is 2.58. The van der Waals surface area contributed by atoms with Crippen molar-refractivity contribution in [2.75, 3.05) is 0 Å². The summed E-state index contributed by atoms with van der Waals surface area (Å²) in [6.45, 7) is 0. The summed E-state index contributed by atoms with van der Waals surface area (Å²) in [5.74, 6) is 0.0254. The maximum absolute atomic E-state index is 9.57. The van der Waals surface area contributed by atoms with E-state index in [2.05, 4.69) is 10.9 Å². The fourth-order valence-electron chi connectivity index (χ4n) is 1.72. The van der Waals surface area contributed by atoms with Crippen molar-refractivity contribution in [1.82, 2.24) is 10.9 Å². The number of nitrogens with one attached hydrogen (secondary N) is 2. The predicted octanol–water partition coefficient (Wildman–Crippen LogP) is -0.444. The van der Waals surface area contributed by atoms with Crippen molar-refractivity contribution >= 4 is 0 Å². The van der Waals surface area contributed by atoms with Crippen LogP contribution in [0.5, 0.6) is 0 Å². The first-order chi connectivity index (χ1) is 6.77. The smallest absolute Gasteiger partial charge is 0.123 e. The Labute approximate surface area is 83.1 Å². The first-order valence-electron chi connectivity index (χ1n) is 4.76. The molecule has 0 aromatic heterocycles. The topological polar surface area (TPSA) is 70.3 Å². The van der Waals surface area contributed by atoms with Crippen molar-refractivity contribution in [3.63, 3.8) is 0 Å². The normalized spacial score (nSPS) is 32.0.